The van der Waals surface area contributed by atoms with Gasteiger partial charge in [0.2, 0.25) is 6.79 Å². The number of nitrogens with one attached hydrogen (secondary N) is 1. The number of hydrogen-bond donors (Lipinski definition) is 2. The number of aliphatic carboxylic acids is 1. The number of nitrogens with zero attached hydrogens (tertiary/aromatic N) is 1. The molecule has 0 aliphatic carbocycles. The maximum absolute atomic E-state index is 12.5. The fraction of sp³-hybridized carbons (Fsp3) is 0.438. The number of methoxy groups -OCH3 is 1. The Labute approximate surface area is 143 Å². The van der Waals surface area contributed by atoms with Crippen molar-refractivity contribution in [3.05, 3.63) is 17.7 Å². The molecule has 9 nitrogen and oxygen atoms in total. The monoisotopic (exact) mass is 350 g/mol. The minimum absolute atomic E-state index is 0.0242. The highest BCUT2D eigenvalue weighted by Gasteiger charge is 2.42. The van der Waals surface area contributed by atoms with Gasteiger partial charge in [-0.3, -0.25) is 4.79 Å². The van der Waals surface area contributed by atoms with Crippen LogP contribution in [0.4, 0.5) is 10.5 Å². The van der Waals surface area contributed by atoms with Gasteiger partial charge in [0.15, 0.2) is 11.5 Å². The molecule has 2 aliphatic rings. The number of benzene rings is 1. The van der Waals surface area contributed by atoms with E-state index in [0.717, 1.165) is 0 Å². The second-order valence-electron chi connectivity index (χ2n) is 6.21. The average molecular weight is 350 g/mol. The molecule has 1 aromatic rings. The number of carbonyl (C=O) groups excluding carboxylic acids is 2. The largest absolute Gasteiger partial charge is 0.481 e. The molecule has 1 aromatic carbocycles. The summed E-state index contributed by atoms with van der Waals surface area (Å²) < 4.78 is 15.2. The molecule has 1 unspecified atom stereocenters. The van der Waals surface area contributed by atoms with Gasteiger partial charge in [0, 0.05) is 25.2 Å². The smallest absolute Gasteiger partial charge is 0.340 e. The highest BCUT2D eigenvalue weighted by Crippen LogP contribution is 2.38. The van der Waals surface area contributed by atoms with Crippen LogP contribution >= 0.6 is 0 Å². The zero-order valence-electron chi connectivity index (χ0n) is 13.8. The number of rotatable bonds is 3. The molecule has 9 heteroatoms. The Hall–Kier alpha value is -2.97. The van der Waals surface area contributed by atoms with Crippen molar-refractivity contribution in [2.75, 3.05) is 32.3 Å². The summed E-state index contributed by atoms with van der Waals surface area (Å²) >= 11 is 0. The molecular formula is C16H18N2O7. The minimum Gasteiger partial charge on any atom is -0.481 e. The Morgan fingerprint density at radius 2 is 1.96 bits per heavy atom. The van der Waals surface area contributed by atoms with E-state index in [4.69, 9.17) is 14.2 Å². The van der Waals surface area contributed by atoms with Crippen LogP contribution in [0.25, 0.3) is 0 Å². The molecule has 3 rings (SSSR count). The number of fused-ring (bicyclic) bond motifs is 1. The van der Waals surface area contributed by atoms with Crippen molar-refractivity contribution in [2.45, 2.75) is 13.3 Å². The summed E-state index contributed by atoms with van der Waals surface area (Å²) in [4.78, 5) is 37.2. The van der Waals surface area contributed by atoms with Gasteiger partial charge >= 0.3 is 18.0 Å². The van der Waals surface area contributed by atoms with Gasteiger partial charge in [0.05, 0.1) is 23.8 Å². The lowest BCUT2D eigenvalue weighted by atomic mass is 9.90. The van der Waals surface area contributed by atoms with Gasteiger partial charge in [-0.1, -0.05) is 0 Å². The fourth-order valence-electron chi connectivity index (χ4n) is 2.83. The molecular weight excluding hydrogens is 332 g/mol. The van der Waals surface area contributed by atoms with Gasteiger partial charge in [0.1, 0.15) is 0 Å². The van der Waals surface area contributed by atoms with Gasteiger partial charge in [-0.05, 0) is 13.3 Å². The summed E-state index contributed by atoms with van der Waals surface area (Å²) in [5, 5.41) is 11.9. The van der Waals surface area contributed by atoms with E-state index in [2.05, 4.69) is 5.32 Å². The number of carbonyl (C=O) groups is 3. The zero-order valence-corrected chi connectivity index (χ0v) is 13.8. The molecule has 1 atom stereocenters. The van der Waals surface area contributed by atoms with Gasteiger partial charge in [-0.2, -0.15) is 0 Å². The van der Waals surface area contributed by atoms with E-state index in [0.29, 0.717) is 24.5 Å². The Morgan fingerprint density at radius 3 is 2.56 bits per heavy atom. The first kappa shape index (κ1) is 16.9. The average Bonchev–Trinajstić information content (AvgIpc) is 3.20. The van der Waals surface area contributed by atoms with Gasteiger partial charge in [-0.15, -0.1) is 0 Å². The molecule has 2 N–H and O–H groups in total. The van der Waals surface area contributed by atoms with Crippen LogP contribution in [0.3, 0.4) is 0 Å². The van der Waals surface area contributed by atoms with Gasteiger partial charge in [-0.25, -0.2) is 9.59 Å². The van der Waals surface area contributed by atoms with E-state index in [1.165, 1.54) is 24.1 Å². The Bertz CT molecular complexity index is 748. The van der Waals surface area contributed by atoms with Crippen LogP contribution in [0, 0.1) is 5.41 Å². The third-order valence-corrected chi connectivity index (χ3v) is 4.44. The molecule has 0 spiro atoms. The third kappa shape index (κ3) is 3.04. The predicted octanol–water partition coefficient (Wildman–Crippen LogP) is 1.53. The molecule has 0 saturated carbocycles. The van der Waals surface area contributed by atoms with E-state index in [1.54, 1.807) is 6.92 Å². The minimum atomic E-state index is -0.975. The molecule has 0 bridgehead atoms. The third-order valence-electron chi connectivity index (χ3n) is 4.44. The second kappa shape index (κ2) is 6.15. The highest BCUT2D eigenvalue weighted by atomic mass is 16.7. The standard InChI is InChI=1S/C16H18N2O7/c1-16(14(20)21)3-4-18(7-16)15(22)17-10-6-12-11(24-8-25-12)5-9(10)13(19)23-2/h5-6H,3-4,7-8H2,1-2H3,(H,17,22)(H,20,21). The van der Waals surface area contributed by atoms with Gasteiger partial charge in [0.25, 0.3) is 0 Å². The Balaban J connectivity index is 1.82. The van der Waals surface area contributed by atoms with E-state index >= 15 is 0 Å². The first-order valence-electron chi connectivity index (χ1n) is 7.65. The summed E-state index contributed by atoms with van der Waals surface area (Å²) in [6.45, 7) is 2.03. The number of carboxylic acids is 1. The van der Waals surface area contributed by atoms with Crippen molar-refractivity contribution in [3.63, 3.8) is 0 Å². The summed E-state index contributed by atoms with van der Waals surface area (Å²) in [7, 11) is 1.23. The SMILES string of the molecule is COC(=O)c1cc2c(cc1NC(=O)N1CCC(C)(C(=O)O)C1)OCO2. The molecule has 2 aliphatic heterocycles. The zero-order chi connectivity index (χ0) is 18.2. The van der Waals surface area contributed by atoms with Crippen molar-refractivity contribution < 1.29 is 33.7 Å². The van der Waals surface area contributed by atoms with E-state index in [-0.39, 0.29) is 24.6 Å². The maximum atomic E-state index is 12.5. The highest BCUT2D eigenvalue weighted by molar-refractivity contribution is 6.02. The molecule has 1 fully saturated rings. The number of ether oxygens (including phenoxy) is 3. The summed E-state index contributed by atoms with van der Waals surface area (Å²) in [5.41, 5.74) is -0.637. The lowest BCUT2D eigenvalue weighted by Gasteiger charge is -2.21. The number of likely N-dealkylation sites (tertiary alicyclic amines) is 1. The number of esters is 1. The van der Waals surface area contributed by atoms with Crippen molar-refractivity contribution >= 4 is 23.7 Å². The van der Waals surface area contributed by atoms with Crippen molar-refractivity contribution in [1.82, 2.24) is 4.90 Å². The molecule has 25 heavy (non-hydrogen) atoms. The first-order chi connectivity index (χ1) is 11.8. The number of urea groups is 1. The lowest BCUT2D eigenvalue weighted by Crippen LogP contribution is -2.37. The van der Waals surface area contributed by atoms with Crippen LogP contribution in [0.1, 0.15) is 23.7 Å². The van der Waals surface area contributed by atoms with Gasteiger partial charge < -0.3 is 29.5 Å². The fourth-order valence-corrected chi connectivity index (χ4v) is 2.83. The maximum Gasteiger partial charge on any atom is 0.340 e. The van der Waals surface area contributed by atoms with Crippen LogP contribution in [0.5, 0.6) is 11.5 Å². The van der Waals surface area contributed by atoms with Crippen molar-refractivity contribution in [2.24, 2.45) is 5.41 Å². The van der Waals surface area contributed by atoms with Crippen molar-refractivity contribution in [3.8, 4) is 11.5 Å². The number of carboxylic acid groups (broad SMARTS) is 1. The Kier molecular flexibility index (Phi) is 4.15. The van der Waals surface area contributed by atoms with Crippen LogP contribution < -0.4 is 14.8 Å². The lowest BCUT2D eigenvalue weighted by molar-refractivity contribution is -0.146. The summed E-state index contributed by atoms with van der Waals surface area (Å²) in [5.74, 6) is -0.788. The summed E-state index contributed by atoms with van der Waals surface area (Å²) in [6, 6.07) is 2.43. The second-order valence-corrected chi connectivity index (χ2v) is 6.21. The van der Waals surface area contributed by atoms with E-state index in [9.17, 15) is 19.5 Å². The molecule has 2 amide bonds. The van der Waals surface area contributed by atoms with Crippen molar-refractivity contribution in [1.29, 1.82) is 0 Å². The quantitative estimate of drug-likeness (QED) is 0.795. The number of amides is 2. The van der Waals surface area contributed by atoms with Crippen LogP contribution in [0.2, 0.25) is 0 Å². The first-order valence-corrected chi connectivity index (χ1v) is 7.65. The Morgan fingerprint density at radius 1 is 1.28 bits per heavy atom. The molecule has 2 heterocycles. The molecule has 0 radical (unpaired) electrons. The predicted molar refractivity (Wildman–Crippen MR) is 84.9 cm³/mol. The molecule has 0 aromatic heterocycles. The molecule has 134 valence electrons. The van der Waals surface area contributed by atoms with E-state index < -0.39 is 23.4 Å². The van der Waals surface area contributed by atoms with Crippen LogP contribution in [-0.4, -0.2) is 55.0 Å². The van der Waals surface area contributed by atoms with Crippen LogP contribution in [-0.2, 0) is 9.53 Å². The van der Waals surface area contributed by atoms with E-state index in [1.807, 2.05) is 0 Å². The topological polar surface area (TPSA) is 114 Å². The van der Waals surface area contributed by atoms with Crippen LogP contribution in [0.15, 0.2) is 12.1 Å². The number of anilines is 1. The number of hydrogen-bond acceptors (Lipinski definition) is 6. The molecule has 1 saturated heterocycles. The summed E-state index contributed by atoms with van der Waals surface area (Å²) in [6.07, 6.45) is 0.362. The normalized spacial score (nSPS) is 21.1.